The Bertz CT molecular complexity index is 1920. The van der Waals surface area contributed by atoms with Gasteiger partial charge >= 0.3 is 0 Å². The van der Waals surface area contributed by atoms with Crippen LogP contribution in [0.15, 0.2) is 146 Å². The van der Waals surface area contributed by atoms with Gasteiger partial charge in [0.15, 0.2) is 0 Å². The van der Waals surface area contributed by atoms with Crippen molar-refractivity contribution in [1.29, 1.82) is 0 Å². The van der Waals surface area contributed by atoms with Gasteiger partial charge in [-0.3, -0.25) is 0 Å². The van der Waals surface area contributed by atoms with Crippen molar-refractivity contribution in [2.24, 2.45) is 0 Å². The van der Waals surface area contributed by atoms with Gasteiger partial charge in [-0.2, -0.15) is 0 Å². The Labute approximate surface area is 222 Å². The van der Waals surface area contributed by atoms with Crippen LogP contribution in [0.1, 0.15) is 0 Å². The standard InChI is InChI=1S/C36H26N2/c37-29-17-21-35-27(23-29)13-14-28-24-32(20-22-36(28)35)38(30-9-2-1-3-10-30)31-18-15-26(16-19-31)34-12-6-8-25-7-4-5-11-33(25)34/h1-24H,37H2. The maximum Gasteiger partial charge on any atom is 0.0468 e. The summed E-state index contributed by atoms with van der Waals surface area (Å²) in [5, 5.41) is 7.33. The summed E-state index contributed by atoms with van der Waals surface area (Å²) in [6, 6.07) is 51.7. The second-order valence-corrected chi connectivity index (χ2v) is 9.70. The van der Waals surface area contributed by atoms with E-state index in [9.17, 15) is 0 Å². The molecule has 7 rings (SSSR count). The molecule has 0 aliphatic heterocycles. The molecule has 0 fully saturated rings. The summed E-state index contributed by atoms with van der Waals surface area (Å²) < 4.78 is 0. The van der Waals surface area contributed by atoms with Gasteiger partial charge in [0.05, 0.1) is 0 Å². The minimum absolute atomic E-state index is 0.788. The third-order valence-corrected chi connectivity index (χ3v) is 7.34. The van der Waals surface area contributed by atoms with Crippen molar-refractivity contribution in [2.45, 2.75) is 0 Å². The van der Waals surface area contributed by atoms with Crippen LogP contribution in [-0.4, -0.2) is 0 Å². The van der Waals surface area contributed by atoms with E-state index in [4.69, 9.17) is 5.73 Å². The van der Waals surface area contributed by atoms with Crippen LogP contribution in [0.2, 0.25) is 0 Å². The molecule has 2 heteroatoms. The van der Waals surface area contributed by atoms with Gasteiger partial charge in [-0.15, -0.1) is 0 Å². The topological polar surface area (TPSA) is 29.3 Å². The predicted molar refractivity (Wildman–Crippen MR) is 163 cm³/mol. The van der Waals surface area contributed by atoms with Crippen molar-refractivity contribution in [1.82, 2.24) is 0 Å². The van der Waals surface area contributed by atoms with Gasteiger partial charge in [0.2, 0.25) is 0 Å². The van der Waals surface area contributed by atoms with Gasteiger partial charge in [0.25, 0.3) is 0 Å². The molecule has 2 N–H and O–H groups in total. The summed E-state index contributed by atoms with van der Waals surface area (Å²) in [7, 11) is 0. The SMILES string of the molecule is Nc1ccc2c(ccc3cc(N(c4ccccc4)c4ccc(-c5cccc6ccccc56)cc4)ccc32)c1. The van der Waals surface area contributed by atoms with Gasteiger partial charge < -0.3 is 10.6 Å². The first-order valence-electron chi connectivity index (χ1n) is 12.9. The molecule has 0 unspecified atom stereocenters. The lowest BCUT2D eigenvalue weighted by molar-refractivity contribution is 1.29. The Hall–Kier alpha value is -5.08. The van der Waals surface area contributed by atoms with E-state index in [0.717, 1.165) is 28.1 Å². The van der Waals surface area contributed by atoms with Crippen LogP contribution in [0.4, 0.5) is 22.7 Å². The van der Waals surface area contributed by atoms with Crippen molar-refractivity contribution in [2.75, 3.05) is 10.6 Å². The maximum absolute atomic E-state index is 6.03. The van der Waals surface area contributed by atoms with E-state index in [1.807, 2.05) is 12.1 Å². The molecular weight excluding hydrogens is 460 g/mol. The summed E-state index contributed by atoms with van der Waals surface area (Å²) in [6.07, 6.45) is 0. The number of para-hydroxylation sites is 1. The normalized spacial score (nSPS) is 11.3. The Morgan fingerprint density at radius 1 is 0.395 bits per heavy atom. The average molecular weight is 487 g/mol. The van der Waals surface area contributed by atoms with Crippen molar-refractivity contribution >= 4 is 55.1 Å². The fourth-order valence-corrected chi connectivity index (χ4v) is 5.51. The van der Waals surface area contributed by atoms with Gasteiger partial charge in [0.1, 0.15) is 0 Å². The second kappa shape index (κ2) is 9.10. The Kier molecular flexibility index (Phi) is 5.30. The number of rotatable bonds is 4. The maximum atomic E-state index is 6.03. The zero-order valence-electron chi connectivity index (χ0n) is 20.9. The van der Waals surface area contributed by atoms with E-state index in [0.29, 0.717) is 0 Å². The predicted octanol–water partition coefficient (Wildman–Crippen LogP) is 9.87. The summed E-state index contributed by atoms with van der Waals surface area (Å²) in [6.45, 7) is 0. The number of hydrogen-bond donors (Lipinski definition) is 1. The highest BCUT2D eigenvalue weighted by atomic mass is 15.1. The highest BCUT2D eigenvalue weighted by Gasteiger charge is 2.14. The molecule has 0 saturated heterocycles. The van der Waals surface area contributed by atoms with Gasteiger partial charge in [0, 0.05) is 22.7 Å². The van der Waals surface area contributed by atoms with Crippen LogP contribution >= 0.6 is 0 Å². The molecule has 0 aromatic heterocycles. The summed E-state index contributed by atoms with van der Waals surface area (Å²) in [5.74, 6) is 0. The molecule has 0 radical (unpaired) electrons. The molecule has 7 aromatic carbocycles. The van der Waals surface area contributed by atoms with Crippen LogP contribution in [0.25, 0.3) is 43.4 Å². The lowest BCUT2D eigenvalue weighted by Crippen LogP contribution is -2.09. The van der Waals surface area contributed by atoms with E-state index in [1.165, 1.54) is 38.1 Å². The molecule has 38 heavy (non-hydrogen) atoms. The molecule has 0 saturated carbocycles. The van der Waals surface area contributed by atoms with Crippen molar-refractivity contribution in [3.63, 3.8) is 0 Å². The summed E-state index contributed by atoms with van der Waals surface area (Å²) in [5.41, 5.74) is 12.6. The smallest absolute Gasteiger partial charge is 0.0468 e. The number of fused-ring (bicyclic) bond motifs is 4. The fourth-order valence-electron chi connectivity index (χ4n) is 5.51. The molecule has 0 atom stereocenters. The Morgan fingerprint density at radius 2 is 1.03 bits per heavy atom. The van der Waals surface area contributed by atoms with E-state index >= 15 is 0 Å². The van der Waals surface area contributed by atoms with Gasteiger partial charge in [-0.1, -0.05) is 97.1 Å². The van der Waals surface area contributed by atoms with E-state index in [1.54, 1.807) is 0 Å². The number of nitrogen functional groups attached to an aromatic ring is 1. The monoisotopic (exact) mass is 486 g/mol. The molecule has 0 aliphatic carbocycles. The first-order chi connectivity index (χ1) is 18.7. The lowest BCUT2D eigenvalue weighted by atomic mass is 9.98. The fraction of sp³-hybridized carbons (Fsp3) is 0. The van der Waals surface area contributed by atoms with E-state index in [2.05, 4.69) is 138 Å². The molecule has 0 bridgehead atoms. The number of hydrogen-bond acceptors (Lipinski definition) is 2. The van der Waals surface area contributed by atoms with Crippen molar-refractivity contribution < 1.29 is 0 Å². The zero-order valence-corrected chi connectivity index (χ0v) is 20.9. The van der Waals surface area contributed by atoms with Crippen LogP contribution < -0.4 is 10.6 Å². The number of nitrogens with zero attached hydrogens (tertiary/aromatic N) is 1. The largest absolute Gasteiger partial charge is 0.399 e. The van der Waals surface area contributed by atoms with Crippen LogP contribution in [-0.2, 0) is 0 Å². The average Bonchev–Trinajstić information content (AvgIpc) is 2.98. The molecule has 0 spiro atoms. The summed E-state index contributed by atoms with van der Waals surface area (Å²) in [4.78, 5) is 2.32. The van der Waals surface area contributed by atoms with Crippen LogP contribution in [0, 0.1) is 0 Å². The third-order valence-electron chi connectivity index (χ3n) is 7.34. The van der Waals surface area contributed by atoms with E-state index < -0.39 is 0 Å². The van der Waals surface area contributed by atoms with Gasteiger partial charge in [-0.05, 0) is 92.0 Å². The quantitative estimate of drug-likeness (QED) is 0.198. The molecule has 0 aliphatic rings. The lowest BCUT2D eigenvalue weighted by Gasteiger charge is -2.26. The first-order valence-corrected chi connectivity index (χ1v) is 12.9. The first kappa shape index (κ1) is 22.1. The van der Waals surface area contributed by atoms with Crippen molar-refractivity contribution in [3.05, 3.63) is 146 Å². The highest BCUT2D eigenvalue weighted by molar-refractivity contribution is 6.09. The third kappa shape index (κ3) is 3.84. The Morgan fingerprint density at radius 3 is 1.84 bits per heavy atom. The molecule has 180 valence electrons. The second-order valence-electron chi connectivity index (χ2n) is 9.70. The van der Waals surface area contributed by atoms with Crippen LogP contribution in [0.5, 0.6) is 0 Å². The molecule has 2 nitrogen and oxygen atoms in total. The van der Waals surface area contributed by atoms with E-state index in [-0.39, 0.29) is 0 Å². The molecular formula is C36H26N2. The number of benzene rings is 7. The molecule has 0 heterocycles. The Balaban J connectivity index is 1.34. The molecule has 0 amide bonds. The molecule has 7 aromatic rings. The minimum atomic E-state index is 0.788. The minimum Gasteiger partial charge on any atom is -0.399 e. The highest BCUT2D eigenvalue weighted by Crippen LogP contribution is 2.38. The summed E-state index contributed by atoms with van der Waals surface area (Å²) >= 11 is 0. The number of anilines is 4. The zero-order chi connectivity index (χ0) is 25.5. The number of nitrogens with two attached hydrogens (primary N) is 1. The van der Waals surface area contributed by atoms with Crippen LogP contribution in [0.3, 0.4) is 0 Å². The van der Waals surface area contributed by atoms with Crippen molar-refractivity contribution in [3.8, 4) is 11.1 Å². The van der Waals surface area contributed by atoms with Gasteiger partial charge in [-0.25, -0.2) is 0 Å².